The minimum absolute atomic E-state index is 0.0536. The molecule has 9 heteroatoms. The molecule has 0 fully saturated rings. The summed E-state index contributed by atoms with van der Waals surface area (Å²) in [6.45, 7) is -1.40. The molecule has 0 heterocycles. The molecule has 21 heavy (non-hydrogen) atoms. The number of amidine groups is 1. The normalized spacial score (nSPS) is 11.7. The van der Waals surface area contributed by atoms with E-state index in [2.05, 4.69) is 10.3 Å². The molecule has 0 aliphatic heterocycles. The minimum Gasteiger partial charge on any atom is -0.343 e. The van der Waals surface area contributed by atoms with Crippen LogP contribution in [-0.2, 0) is 0 Å². The maximum Gasteiger partial charge on any atom is 0.405 e. The highest BCUT2D eigenvalue weighted by Gasteiger charge is 2.27. The van der Waals surface area contributed by atoms with Crippen molar-refractivity contribution in [3.05, 3.63) is 29.8 Å². The van der Waals surface area contributed by atoms with Gasteiger partial charge in [0.2, 0.25) is 0 Å². The molecule has 5 nitrogen and oxygen atoms in total. The fourth-order valence-corrected chi connectivity index (χ4v) is 1.63. The Hall–Kier alpha value is -2.21. The van der Waals surface area contributed by atoms with Gasteiger partial charge in [0.15, 0.2) is 11.4 Å². The Bertz CT molecular complexity index is 581. The molecular formula is C12H11F3N4OS. The van der Waals surface area contributed by atoms with Gasteiger partial charge in [-0.05, 0) is 24.5 Å². The monoisotopic (exact) mass is 316 g/mol. The van der Waals surface area contributed by atoms with Crippen LogP contribution in [0.25, 0.3) is 0 Å². The van der Waals surface area contributed by atoms with Gasteiger partial charge in [-0.15, -0.1) is 0 Å². The number of nitrogens with zero attached hydrogens (tertiary/aromatic N) is 2. The average molecular weight is 316 g/mol. The van der Waals surface area contributed by atoms with Crippen molar-refractivity contribution < 1.29 is 18.0 Å². The lowest BCUT2D eigenvalue weighted by Crippen LogP contribution is -2.33. The van der Waals surface area contributed by atoms with Gasteiger partial charge in [0.05, 0.1) is 5.69 Å². The number of amides is 1. The first-order valence-corrected chi connectivity index (χ1v) is 6.81. The van der Waals surface area contributed by atoms with Crippen LogP contribution in [0, 0.1) is 11.5 Å². The van der Waals surface area contributed by atoms with Crippen LogP contribution >= 0.6 is 11.8 Å². The second-order valence-electron chi connectivity index (χ2n) is 3.71. The van der Waals surface area contributed by atoms with Crippen molar-refractivity contribution in [3.63, 3.8) is 0 Å². The number of carbonyl (C=O) groups excluding carboxylic acids is 1. The van der Waals surface area contributed by atoms with Crippen molar-refractivity contribution >= 4 is 28.5 Å². The minimum atomic E-state index is -4.46. The van der Waals surface area contributed by atoms with E-state index in [1.165, 1.54) is 30.0 Å². The predicted molar refractivity (Wildman–Crippen MR) is 74.2 cm³/mol. The van der Waals surface area contributed by atoms with Crippen molar-refractivity contribution in [1.29, 1.82) is 5.26 Å². The zero-order valence-electron chi connectivity index (χ0n) is 10.9. The third-order valence-electron chi connectivity index (χ3n) is 2.14. The smallest absolute Gasteiger partial charge is 0.343 e. The molecule has 1 rings (SSSR count). The Morgan fingerprint density at radius 2 is 2.19 bits per heavy atom. The van der Waals surface area contributed by atoms with Crippen molar-refractivity contribution in [2.75, 3.05) is 12.8 Å². The molecule has 2 N–H and O–H groups in total. The number of alkyl halides is 3. The molecule has 1 amide bonds. The van der Waals surface area contributed by atoms with Gasteiger partial charge >= 0.3 is 6.18 Å². The van der Waals surface area contributed by atoms with E-state index in [-0.39, 0.29) is 5.56 Å². The highest BCUT2D eigenvalue weighted by Crippen LogP contribution is 2.17. The fourth-order valence-electron chi connectivity index (χ4n) is 1.29. The van der Waals surface area contributed by atoms with Crippen LogP contribution in [0.4, 0.5) is 18.9 Å². The van der Waals surface area contributed by atoms with E-state index >= 15 is 0 Å². The topological polar surface area (TPSA) is 77.3 Å². The number of hydrogen-bond donors (Lipinski definition) is 2. The molecule has 0 aliphatic carbocycles. The molecule has 0 atom stereocenters. The van der Waals surface area contributed by atoms with Crippen molar-refractivity contribution in [1.82, 2.24) is 10.6 Å². The summed E-state index contributed by atoms with van der Waals surface area (Å²) in [5.74, 6) is -0.844. The molecule has 0 aromatic heterocycles. The van der Waals surface area contributed by atoms with Gasteiger partial charge < -0.3 is 5.32 Å². The number of aliphatic imine (C=N–C) groups is 1. The number of halogens is 3. The lowest BCUT2D eigenvalue weighted by molar-refractivity contribution is -0.123. The zero-order valence-corrected chi connectivity index (χ0v) is 11.7. The summed E-state index contributed by atoms with van der Waals surface area (Å²) >= 11 is 1.18. The highest BCUT2D eigenvalue weighted by molar-refractivity contribution is 8.13. The van der Waals surface area contributed by atoms with Crippen LogP contribution in [-0.4, -0.2) is 30.1 Å². The van der Waals surface area contributed by atoms with Crippen LogP contribution in [0.5, 0.6) is 0 Å². The molecule has 0 radical (unpaired) electrons. The fraction of sp³-hybridized carbons (Fsp3) is 0.250. The Kier molecular flexibility index (Phi) is 6.05. The number of thioether (sulfide) groups is 1. The van der Waals surface area contributed by atoms with Gasteiger partial charge in [-0.25, -0.2) is 4.99 Å². The Balaban J connectivity index is 2.85. The lowest BCUT2D eigenvalue weighted by atomic mass is 10.2. The summed E-state index contributed by atoms with van der Waals surface area (Å²) < 4.78 is 36.1. The number of nitrogens with one attached hydrogen (secondary N) is 2. The number of nitriles is 1. The van der Waals surface area contributed by atoms with E-state index in [0.717, 1.165) is 0 Å². The van der Waals surface area contributed by atoms with Crippen LogP contribution < -0.4 is 10.6 Å². The summed E-state index contributed by atoms with van der Waals surface area (Å²) in [6.07, 6.45) is -1.06. The van der Waals surface area contributed by atoms with Crippen molar-refractivity contribution in [2.24, 2.45) is 4.99 Å². The molecular weight excluding hydrogens is 305 g/mol. The first-order chi connectivity index (χ1) is 9.85. The van der Waals surface area contributed by atoms with Crippen LogP contribution in [0.15, 0.2) is 29.3 Å². The summed E-state index contributed by atoms with van der Waals surface area (Å²) in [4.78, 5) is 15.7. The molecule has 0 bridgehead atoms. The van der Waals surface area contributed by atoms with Gasteiger partial charge in [-0.1, -0.05) is 17.8 Å². The van der Waals surface area contributed by atoms with Gasteiger partial charge in [0, 0.05) is 5.56 Å². The number of benzene rings is 1. The second-order valence-corrected chi connectivity index (χ2v) is 4.50. The van der Waals surface area contributed by atoms with E-state index in [4.69, 9.17) is 5.26 Å². The van der Waals surface area contributed by atoms with E-state index in [0.29, 0.717) is 10.9 Å². The highest BCUT2D eigenvalue weighted by atomic mass is 32.2. The zero-order chi connectivity index (χ0) is 15.9. The van der Waals surface area contributed by atoms with Gasteiger partial charge in [0.1, 0.15) is 6.54 Å². The third-order valence-corrected chi connectivity index (χ3v) is 2.72. The summed E-state index contributed by atoms with van der Waals surface area (Å²) in [5, 5.41) is 12.9. The predicted octanol–water partition coefficient (Wildman–Crippen LogP) is 2.40. The molecule has 0 unspecified atom stereocenters. The molecule has 0 spiro atoms. The van der Waals surface area contributed by atoms with Gasteiger partial charge in [0.25, 0.3) is 5.91 Å². The Labute approximate surface area is 123 Å². The summed E-state index contributed by atoms with van der Waals surface area (Å²) in [7, 11) is 0. The quantitative estimate of drug-likeness (QED) is 0.388. The Morgan fingerprint density at radius 1 is 1.48 bits per heavy atom. The van der Waals surface area contributed by atoms with E-state index in [1.54, 1.807) is 23.8 Å². The lowest BCUT2D eigenvalue weighted by Gasteiger charge is -2.08. The number of hydrogen-bond acceptors (Lipinski definition) is 4. The maximum absolute atomic E-state index is 12.0. The second kappa shape index (κ2) is 7.54. The van der Waals surface area contributed by atoms with Crippen LogP contribution in [0.2, 0.25) is 0 Å². The molecule has 0 saturated heterocycles. The average Bonchev–Trinajstić information content (AvgIpc) is 2.43. The number of rotatable bonds is 3. The molecule has 1 aromatic rings. The standard InChI is InChI=1S/C12H11F3N4OS/c1-21-11(18-7-16)19-9-4-2-3-8(5-9)10(20)17-6-12(13,14)15/h2-5H,6H2,1H3,(H,17,20)(H,18,19). The summed E-state index contributed by atoms with van der Waals surface area (Å²) in [6, 6.07) is 5.77. The first-order valence-electron chi connectivity index (χ1n) is 5.58. The largest absolute Gasteiger partial charge is 0.405 e. The third kappa shape index (κ3) is 6.18. The first kappa shape index (κ1) is 16.8. The summed E-state index contributed by atoms with van der Waals surface area (Å²) in [5.41, 5.74) is 0.402. The molecule has 0 aliphatic rings. The van der Waals surface area contributed by atoms with Crippen LogP contribution in [0.3, 0.4) is 0 Å². The van der Waals surface area contributed by atoms with Crippen molar-refractivity contribution in [2.45, 2.75) is 6.18 Å². The molecule has 0 saturated carbocycles. The maximum atomic E-state index is 12.0. The van der Waals surface area contributed by atoms with Gasteiger partial charge in [-0.3, -0.25) is 10.1 Å². The van der Waals surface area contributed by atoms with Gasteiger partial charge in [-0.2, -0.15) is 18.4 Å². The van der Waals surface area contributed by atoms with E-state index < -0.39 is 18.6 Å². The Morgan fingerprint density at radius 3 is 2.76 bits per heavy atom. The number of carbonyl (C=O) groups is 1. The van der Waals surface area contributed by atoms with Crippen LogP contribution in [0.1, 0.15) is 10.4 Å². The van der Waals surface area contributed by atoms with Crippen molar-refractivity contribution in [3.8, 4) is 6.19 Å². The molecule has 112 valence electrons. The van der Waals surface area contributed by atoms with E-state index in [9.17, 15) is 18.0 Å². The SMILES string of the molecule is CSC(=Nc1cccc(C(=O)NCC(F)(F)F)c1)NC#N. The molecule has 1 aromatic carbocycles. The van der Waals surface area contributed by atoms with E-state index in [1.807, 2.05) is 0 Å².